The van der Waals surface area contributed by atoms with Crippen molar-refractivity contribution in [2.75, 3.05) is 5.43 Å². The second kappa shape index (κ2) is 7.87. The SMILES string of the molecule is O=[N+]([O-])c1ccc(N/N=C/c2ccc(-c3ccccc3)cc2)c([N+](=O)[O-])c1. The van der Waals surface area contributed by atoms with Crippen LogP contribution in [0, 0.1) is 20.2 Å². The third-order valence-electron chi connectivity index (χ3n) is 3.81. The number of hydrogen-bond acceptors (Lipinski definition) is 6. The summed E-state index contributed by atoms with van der Waals surface area (Å²) in [6, 6.07) is 20.9. The fourth-order valence-electron chi connectivity index (χ4n) is 2.45. The molecule has 0 aliphatic carbocycles. The molecule has 3 aromatic carbocycles. The molecule has 27 heavy (non-hydrogen) atoms. The summed E-state index contributed by atoms with van der Waals surface area (Å²) >= 11 is 0. The molecule has 0 radical (unpaired) electrons. The summed E-state index contributed by atoms with van der Waals surface area (Å²) in [5.74, 6) is 0. The summed E-state index contributed by atoms with van der Waals surface area (Å²) in [6.45, 7) is 0. The molecule has 0 unspecified atom stereocenters. The first-order valence-corrected chi connectivity index (χ1v) is 7.92. The number of hydrazone groups is 1. The van der Waals surface area contributed by atoms with Crippen molar-refractivity contribution in [3.8, 4) is 11.1 Å². The highest BCUT2D eigenvalue weighted by Crippen LogP contribution is 2.28. The Balaban J connectivity index is 1.74. The summed E-state index contributed by atoms with van der Waals surface area (Å²) in [5.41, 5.74) is 4.82. The highest BCUT2D eigenvalue weighted by molar-refractivity contribution is 5.82. The maximum absolute atomic E-state index is 11.1. The zero-order valence-corrected chi connectivity index (χ0v) is 14.0. The minimum Gasteiger partial charge on any atom is -0.272 e. The van der Waals surface area contributed by atoms with Gasteiger partial charge in [-0.2, -0.15) is 5.10 Å². The molecule has 3 rings (SSSR count). The van der Waals surface area contributed by atoms with Crippen molar-refractivity contribution in [1.29, 1.82) is 0 Å². The largest absolute Gasteiger partial charge is 0.301 e. The minimum absolute atomic E-state index is 0.0720. The zero-order valence-electron chi connectivity index (χ0n) is 14.0. The van der Waals surface area contributed by atoms with E-state index in [1.54, 1.807) is 0 Å². The molecule has 0 spiro atoms. The molecule has 0 bridgehead atoms. The van der Waals surface area contributed by atoms with Gasteiger partial charge >= 0.3 is 5.69 Å². The van der Waals surface area contributed by atoms with Crippen molar-refractivity contribution >= 4 is 23.3 Å². The van der Waals surface area contributed by atoms with Crippen molar-refractivity contribution in [3.05, 3.63) is 98.6 Å². The first-order chi connectivity index (χ1) is 13.0. The molecule has 134 valence electrons. The minimum atomic E-state index is -0.695. The topological polar surface area (TPSA) is 111 Å². The highest BCUT2D eigenvalue weighted by atomic mass is 16.6. The van der Waals surface area contributed by atoms with E-state index >= 15 is 0 Å². The summed E-state index contributed by atoms with van der Waals surface area (Å²) in [4.78, 5) is 20.5. The van der Waals surface area contributed by atoms with Crippen molar-refractivity contribution < 1.29 is 9.85 Å². The third kappa shape index (κ3) is 4.31. The number of hydrogen-bond donors (Lipinski definition) is 1. The molecule has 0 saturated heterocycles. The molecule has 0 heterocycles. The predicted molar refractivity (Wildman–Crippen MR) is 103 cm³/mol. The van der Waals surface area contributed by atoms with E-state index in [1.807, 2.05) is 54.6 Å². The second-order valence-electron chi connectivity index (χ2n) is 5.57. The van der Waals surface area contributed by atoms with Crippen LogP contribution in [-0.4, -0.2) is 16.1 Å². The van der Waals surface area contributed by atoms with Crippen LogP contribution in [0.15, 0.2) is 77.9 Å². The maximum Gasteiger partial charge on any atom is 0.301 e. The number of nitro groups is 2. The first-order valence-electron chi connectivity index (χ1n) is 7.92. The lowest BCUT2D eigenvalue weighted by atomic mass is 10.0. The van der Waals surface area contributed by atoms with Gasteiger partial charge in [-0.1, -0.05) is 54.6 Å². The van der Waals surface area contributed by atoms with Gasteiger partial charge in [-0.15, -0.1) is 0 Å². The van der Waals surface area contributed by atoms with E-state index in [0.717, 1.165) is 22.8 Å². The maximum atomic E-state index is 11.1. The molecule has 3 aromatic rings. The number of anilines is 1. The summed E-state index contributed by atoms with van der Waals surface area (Å²) in [5, 5.41) is 25.8. The lowest BCUT2D eigenvalue weighted by Gasteiger charge is -2.03. The molecule has 0 aliphatic heterocycles. The van der Waals surface area contributed by atoms with Crippen LogP contribution in [0.2, 0.25) is 0 Å². The van der Waals surface area contributed by atoms with E-state index < -0.39 is 15.5 Å². The molecule has 0 fully saturated rings. The standard InChI is InChI=1S/C19H14N4O4/c24-22(25)17-10-11-18(19(12-17)23(26)27)21-20-13-14-6-8-16(9-7-14)15-4-2-1-3-5-15/h1-13,21H/b20-13+. The Kier molecular flexibility index (Phi) is 5.17. The zero-order chi connectivity index (χ0) is 19.2. The number of benzene rings is 3. The Labute approximate surface area is 154 Å². The smallest absolute Gasteiger partial charge is 0.272 e. The lowest BCUT2D eigenvalue weighted by Crippen LogP contribution is -1.98. The van der Waals surface area contributed by atoms with Gasteiger partial charge in [0.15, 0.2) is 0 Å². The number of rotatable bonds is 6. The van der Waals surface area contributed by atoms with Crippen LogP contribution in [0.25, 0.3) is 11.1 Å². The van der Waals surface area contributed by atoms with Crippen molar-refractivity contribution in [3.63, 3.8) is 0 Å². The van der Waals surface area contributed by atoms with Crippen LogP contribution in [0.1, 0.15) is 5.56 Å². The van der Waals surface area contributed by atoms with Crippen molar-refractivity contribution in [1.82, 2.24) is 0 Å². The molecular formula is C19H14N4O4. The van der Waals surface area contributed by atoms with Gasteiger partial charge in [-0.05, 0) is 22.8 Å². The fourth-order valence-corrected chi connectivity index (χ4v) is 2.45. The van der Waals surface area contributed by atoms with Crippen molar-refractivity contribution in [2.24, 2.45) is 5.10 Å². The van der Waals surface area contributed by atoms with Gasteiger partial charge in [0, 0.05) is 6.07 Å². The Bertz CT molecular complexity index is 1000. The summed E-state index contributed by atoms with van der Waals surface area (Å²) in [7, 11) is 0. The van der Waals surface area contributed by atoms with E-state index in [9.17, 15) is 20.2 Å². The quantitative estimate of drug-likeness (QED) is 0.391. The molecule has 0 saturated carbocycles. The monoisotopic (exact) mass is 362 g/mol. The normalized spacial score (nSPS) is 10.7. The van der Waals surface area contributed by atoms with Gasteiger partial charge in [-0.3, -0.25) is 25.7 Å². The molecule has 0 amide bonds. The van der Waals surface area contributed by atoms with Crippen LogP contribution in [0.3, 0.4) is 0 Å². The van der Waals surface area contributed by atoms with E-state index in [2.05, 4.69) is 10.5 Å². The first kappa shape index (κ1) is 17.7. The van der Waals surface area contributed by atoms with Crippen LogP contribution in [0.4, 0.5) is 17.1 Å². The Morgan fingerprint density at radius 3 is 2.11 bits per heavy atom. The average molecular weight is 362 g/mol. The molecule has 8 heteroatoms. The van der Waals surface area contributed by atoms with Gasteiger partial charge in [0.2, 0.25) is 0 Å². The summed E-state index contributed by atoms with van der Waals surface area (Å²) in [6.07, 6.45) is 1.51. The number of nitro benzene ring substituents is 2. The predicted octanol–water partition coefficient (Wildman–Crippen LogP) is 4.62. The lowest BCUT2D eigenvalue weighted by molar-refractivity contribution is -0.393. The number of nitrogens with one attached hydrogen (secondary N) is 1. The Hall–Kier alpha value is -4.07. The van der Waals surface area contributed by atoms with Crippen LogP contribution in [0.5, 0.6) is 0 Å². The molecule has 1 N–H and O–H groups in total. The van der Waals surface area contributed by atoms with Crippen LogP contribution < -0.4 is 5.43 Å². The van der Waals surface area contributed by atoms with Gasteiger partial charge in [0.25, 0.3) is 5.69 Å². The fraction of sp³-hybridized carbons (Fsp3) is 0. The average Bonchev–Trinajstić information content (AvgIpc) is 2.69. The number of nitrogens with zero attached hydrogens (tertiary/aromatic N) is 3. The summed E-state index contributed by atoms with van der Waals surface area (Å²) < 4.78 is 0. The Morgan fingerprint density at radius 1 is 0.815 bits per heavy atom. The second-order valence-corrected chi connectivity index (χ2v) is 5.57. The van der Waals surface area contributed by atoms with E-state index in [-0.39, 0.29) is 11.4 Å². The van der Waals surface area contributed by atoms with Crippen LogP contribution >= 0.6 is 0 Å². The van der Waals surface area contributed by atoms with E-state index in [1.165, 1.54) is 18.3 Å². The Morgan fingerprint density at radius 2 is 1.48 bits per heavy atom. The molecule has 0 aliphatic rings. The third-order valence-corrected chi connectivity index (χ3v) is 3.81. The van der Waals surface area contributed by atoms with Crippen LogP contribution in [-0.2, 0) is 0 Å². The number of non-ortho nitro benzene ring substituents is 1. The van der Waals surface area contributed by atoms with Gasteiger partial charge in [0.1, 0.15) is 5.69 Å². The van der Waals surface area contributed by atoms with Gasteiger partial charge in [0.05, 0.1) is 22.1 Å². The molecular weight excluding hydrogens is 348 g/mol. The van der Waals surface area contributed by atoms with Gasteiger partial charge in [-0.25, -0.2) is 0 Å². The van der Waals surface area contributed by atoms with Gasteiger partial charge < -0.3 is 0 Å². The van der Waals surface area contributed by atoms with Crippen molar-refractivity contribution in [2.45, 2.75) is 0 Å². The molecule has 8 nitrogen and oxygen atoms in total. The van der Waals surface area contributed by atoms with E-state index in [0.29, 0.717) is 0 Å². The molecule has 0 atom stereocenters. The highest BCUT2D eigenvalue weighted by Gasteiger charge is 2.18. The molecule has 0 aromatic heterocycles. The van der Waals surface area contributed by atoms with E-state index in [4.69, 9.17) is 0 Å².